The summed E-state index contributed by atoms with van der Waals surface area (Å²) < 4.78 is 68.6. The van der Waals surface area contributed by atoms with Crippen molar-refractivity contribution in [2.24, 2.45) is 0 Å². The number of aryl methyl sites for hydroxylation is 1. The number of anilines is 1. The minimum atomic E-state index is -4.81. The Kier molecular flexibility index (Phi) is 4.52. The highest BCUT2D eigenvalue weighted by atomic mass is 32.2. The Morgan fingerprint density at radius 2 is 2.00 bits per heavy atom. The molecule has 4 rings (SSSR count). The summed E-state index contributed by atoms with van der Waals surface area (Å²) in [5.41, 5.74) is 6.11. The number of nitrogen functional groups attached to an aromatic ring is 1. The monoisotopic (exact) mass is 441 g/mol. The van der Waals surface area contributed by atoms with Crippen LogP contribution in [0.25, 0.3) is 16.9 Å². The number of aromatic nitrogens is 4. The maximum atomic E-state index is 13.1. The predicted molar refractivity (Wildman–Crippen MR) is 102 cm³/mol. The normalized spacial score (nSPS) is 16.6. The van der Waals surface area contributed by atoms with Gasteiger partial charge in [-0.05, 0) is 31.5 Å². The molecule has 0 amide bonds. The lowest BCUT2D eigenvalue weighted by Crippen LogP contribution is -2.66. The quantitative estimate of drug-likeness (QED) is 0.558. The van der Waals surface area contributed by atoms with Crippen LogP contribution in [0, 0.1) is 6.92 Å². The summed E-state index contributed by atoms with van der Waals surface area (Å²) in [6.45, 7) is 4.47. The standard InChI is InChI=1S/C17H18F3N7O2S/c1-9-3-4-10(30(28,29)26-16(2)7-22-8-16)5-11(9)12-6-23-14-13(21)24-15(17(18,19)20)25-27(12)14/h3-6,22,26H,7-8H2,1-2H3,(H2,21,24,25). The molecule has 0 unspecified atom stereocenters. The molecular formula is C17H18F3N7O2S. The SMILES string of the molecule is Cc1ccc(S(=O)(=O)NC2(C)CNC2)cc1-c1cnc2c(N)nc(C(F)(F)F)nn12. The molecule has 0 atom stereocenters. The zero-order valence-electron chi connectivity index (χ0n) is 15.9. The number of benzene rings is 1. The summed E-state index contributed by atoms with van der Waals surface area (Å²) in [4.78, 5) is 7.24. The maximum Gasteiger partial charge on any atom is 0.453 e. The predicted octanol–water partition coefficient (Wildman–Crippen LogP) is 1.34. The van der Waals surface area contributed by atoms with Gasteiger partial charge in [0.05, 0.1) is 22.3 Å². The highest BCUT2D eigenvalue weighted by molar-refractivity contribution is 7.89. The third kappa shape index (κ3) is 3.48. The number of halogens is 3. The third-order valence-corrected chi connectivity index (χ3v) is 6.48. The summed E-state index contributed by atoms with van der Waals surface area (Å²) in [6.07, 6.45) is -3.52. The Bertz CT molecular complexity index is 1250. The molecule has 1 fully saturated rings. The molecule has 4 N–H and O–H groups in total. The van der Waals surface area contributed by atoms with E-state index in [1.807, 2.05) is 0 Å². The minimum Gasteiger partial charge on any atom is -0.380 e. The van der Waals surface area contributed by atoms with Crippen LogP contribution in [0.2, 0.25) is 0 Å². The van der Waals surface area contributed by atoms with Gasteiger partial charge in [-0.25, -0.2) is 27.6 Å². The van der Waals surface area contributed by atoms with Crippen LogP contribution < -0.4 is 15.8 Å². The molecule has 13 heteroatoms. The molecule has 30 heavy (non-hydrogen) atoms. The number of imidazole rings is 1. The maximum absolute atomic E-state index is 13.1. The Balaban J connectivity index is 1.84. The van der Waals surface area contributed by atoms with Crippen LogP contribution in [0.3, 0.4) is 0 Å². The van der Waals surface area contributed by atoms with Gasteiger partial charge in [-0.15, -0.1) is 5.10 Å². The van der Waals surface area contributed by atoms with E-state index >= 15 is 0 Å². The topological polar surface area (TPSA) is 127 Å². The van der Waals surface area contributed by atoms with Crippen LogP contribution in [-0.4, -0.2) is 46.6 Å². The van der Waals surface area contributed by atoms with Gasteiger partial charge >= 0.3 is 6.18 Å². The van der Waals surface area contributed by atoms with Crippen molar-refractivity contribution in [3.63, 3.8) is 0 Å². The van der Waals surface area contributed by atoms with E-state index in [0.717, 1.165) is 4.52 Å². The van der Waals surface area contributed by atoms with Crippen molar-refractivity contribution in [1.82, 2.24) is 29.6 Å². The number of sulfonamides is 1. The summed E-state index contributed by atoms with van der Waals surface area (Å²) in [7, 11) is -3.86. The fourth-order valence-electron chi connectivity index (χ4n) is 3.21. The van der Waals surface area contributed by atoms with Crippen molar-refractivity contribution in [3.05, 3.63) is 35.8 Å². The molecule has 1 saturated heterocycles. The first kappa shape index (κ1) is 20.5. The number of hydrogen-bond acceptors (Lipinski definition) is 7. The van der Waals surface area contributed by atoms with Crippen LogP contribution in [0.15, 0.2) is 29.3 Å². The van der Waals surface area contributed by atoms with Crippen LogP contribution in [0.4, 0.5) is 19.0 Å². The van der Waals surface area contributed by atoms with Gasteiger partial charge in [0.1, 0.15) is 0 Å². The van der Waals surface area contributed by atoms with E-state index < -0.39 is 33.4 Å². The van der Waals surface area contributed by atoms with Crippen molar-refractivity contribution in [3.8, 4) is 11.3 Å². The number of nitrogens with zero attached hydrogens (tertiary/aromatic N) is 4. The zero-order valence-corrected chi connectivity index (χ0v) is 16.8. The Labute approximate surface area is 169 Å². The second-order valence-electron chi connectivity index (χ2n) is 7.44. The molecule has 0 bridgehead atoms. The van der Waals surface area contributed by atoms with E-state index in [1.54, 1.807) is 19.9 Å². The van der Waals surface area contributed by atoms with Gasteiger partial charge in [0, 0.05) is 18.7 Å². The molecule has 3 aromatic rings. The molecule has 0 saturated carbocycles. The Morgan fingerprint density at radius 3 is 2.60 bits per heavy atom. The molecular weight excluding hydrogens is 423 g/mol. The van der Waals surface area contributed by atoms with E-state index in [-0.39, 0.29) is 16.2 Å². The molecule has 3 heterocycles. The molecule has 160 valence electrons. The van der Waals surface area contributed by atoms with Crippen molar-refractivity contribution in [1.29, 1.82) is 0 Å². The molecule has 0 radical (unpaired) electrons. The summed E-state index contributed by atoms with van der Waals surface area (Å²) in [5, 5.41) is 6.53. The highest BCUT2D eigenvalue weighted by Gasteiger charge is 2.37. The second kappa shape index (κ2) is 6.62. The fourth-order valence-corrected chi connectivity index (χ4v) is 4.64. The summed E-state index contributed by atoms with van der Waals surface area (Å²) in [6, 6.07) is 4.38. The third-order valence-electron chi connectivity index (χ3n) is 4.85. The Morgan fingerprint density at radius 1 is 1.30 bits per heavy atom. The van der Waals surface area contributed by atoms with E-state index in [2.05, 4.69) is 25.1 Å². The van der Waals surface area contributed by atoms with E-state index in [1.165, 1.54) is 18.3 Å². The number of fused-ring (bicyclic) bond motifs is 1. The van der Waals surface area contributed by atoms with Crippen LogP contribution in [-0.2, 0) is 16.2 Å². The van der Waals surface area contributed by atoms with Gasteiger partial charge in [-0.1, -0.05) is 6.07 Å². The highest BCUT2D eigenvalue weighted by Crippen LogP contribution is 2.31. The average Bonchev–Trinajstić information content (AvgIpc) is 3.04. The first-order chi connectivity index (χ1) is 13.9. The van der Waals surface area contributed by atoms with E-state index in [0.29, 0.717) is 24.2 Å². The molecule has 0 aliphatic carbocycles. The van der Waals surface area contributed by atoms with Crippen molar-refractivity contribution in [2.45, 2.75) is 30.5 Å². The van der Waals surface area contributed by atoms with Gasteiger partial charge < -0.3 is 11.1 Å². The lowest BCUT2D eigenvalue weighted by Gasteiger charge is -2.39. The lowest BCUT2D eigenvalue weighted by atomic mass is 9.97. The number of nitrogens with one attached hydrogen (secondary N) is 2. The van der Waals surface area contributed by atoms with Crippen LogP contribution in [0.1, 0.15) is 18.3 Å². The molecule has 0 spiro atoms. The molecule has 1 aliphatic rings. The fraction of sp³-hybridized carbons (Fsp3) is 0.353. The molecule has 2 aromatic heterocycles. The average molecular weight is 441 g/mol. The smallest absolute Gasteiger partial charge is 0.380 e. The summed E-state index contributed by atoms with van der Waals surface area (Å²) in [5.74, 6) is -1.85. The van der Waals surface area contributed by atoms with Gasteiger partial charge in [-0.2, -0.15) is 13.2 Å². The molecule has 1 aromatic carbocycles. The van der Waals surface area contributed by atoms with Crippen LogP contribution >= 0.6 is 0 Å². The van der Waals surface area contributed by atoms with Gasteiger partial charge in [0.25, 0.3) is 5.82 Å². The summed E-state index contributed by atoms with van der Waals surface area (Å²) >= 11 is 0. The number of alkyl halides is 3. The Hall–Kier alpha value is -2.77. The van der Waals surface area contributed by atoms with Gasteiger partial charge in [-0.3, -0.25) is 0 Å². The lowest BCUT2D eigenvalue weighted by molar-refractivity contribution is -0.145. The van der Waals surface area contributed by atoms with E-state index in [4.69, 9.17) is 5.73 Å². The number of hydrogen-bond donors (Lipinski definition) is 3. The zero-order chi connectivity index (χ0) is 21.9. The first-order valence-electron chi connectivity index (χ1n) is 8.84. The van der Waals surface area contributed by atoms with E-state index in [9.17, 15) is 21.6 Å². The largest absolute Gasteiger partial charge is 0.453 e. The number of nitrogens with two attached hydrogens (primary N) is 1. The number of rotatable bonds is 4. The van der Waals surface area contributed by atoms with Crippen molar-refractivity contribution < 1.29 is 21.6 Å². The van der Waals surface area contributed by atoms with Crippen molar-refractivity contribution >= 4 is 21.5 Å². The minimum absolute atomic E-state index is 0.0238. The second-order valence-corrected chi connectivity index (χ2v) is 9.13. The van der Waals surface area contributed by atoms with Gasteiger partial charge in [0.15, 0.2) is 11.5 Å². The molecule has 9 nitrogen and oxygen atoms in total. The molecule has 1 aliphatic heterocycles. The van der Waals surface area contributed by atoms with Crippen LogP contribution in [0.5, 0.6) is 0 Å². The van der Waals surface area contributed by atoms with Crippen molar-refractivity contribution in [2.75, 3.05) is 18.8 Å². The van der Waals surface area contributed by atoms with Gasteiger partial charge in [0.2, 0.25) is 10.0 Å². The first-order valence-corrected chi connectivity index (χ1v) is 10.3.